The third-order valence-electron chi connectivity index (χ3n) is 10.6. The second-order valence-electron chi connectivity index (χ2n) is 12.2. The second-order valence-corrected chi connectivity index (χ2v) is 12.2. The Morgan fingerprint density at radius 3 is 2.74 bits per heavy atom. The van der Waals surface area contributed by atoms with Crippen LogP contribution in [0.4, 0.5) is 0 Å². The van der Waals surface area contributed by atoms with Gasteiger partial charge in [0.15, 0.2) is 0 Å². The van der Waals surface area contributed by atoms with E-state index in [2.05, 4.69) is 56.3 Å². The fraction of sp³-hybridized carbons (Fsp3) is 0.594. The molecule has 3 nitrogen and oxygen atoms in total. The summed E-state index contributed by atoms with van der Waals surface area (Å²) in [4.78, 5) is 12.4. The molecule has 2 aromatic carbocycles. The quantitative estimate of drug-likeness (QED) is 0.517. The van der Waals surface area contributed by atoms with Crippen LogP contribution in [0.5, 0.6) is 5.75 Å². The van der Waals surface area contributed by atoms with Gasteiger partial charge in [-0.3, -0.25) is 4.79 Å². The maximum Gasteiger partial charge on any atom is 0.135 e. The van der Waals surface area contributed by atoms with Crippen LogP contribution in [-0.2, 0) is 17.8 Å². The fourth-order valence-electron chi connectivity index (χ4n) is 8.94. The molecule has 4 aliphatic carbocycles. The predicted octanol–water partition coefficient (Wildman–Crippen LogP) is 6.86. The molecule has 4 aliphatic rings. The van der Waals surface area contributed by atoms with Crippen LogP contribution in [-0.4, -0.2) is 16.5 Å². The number of ketones is 1. The topological polar surface area (TPSA) is 46.5 Å². The number of hydrogen-bond donors (Lipinski definition) is 1. The second kappa shape index (κ2) is 8.76. The summed E-state index contributed by atoms with van der Waals surface area (Å²) in [6.45, 7) is 5.25. The van der Waals surface area contributed by atoms with E-state index in [0.717, 1.165) is 37.9 Å². The van der Waals surface area contributed by atoms with Crippen molar-refractivity contribution in [1.82, 2.24) is 0 Å². The first-order valence-electron chi connectivity index (χ1n) is 14.0. The minimum Gasteiger partial charge on any atom is -0.489 e. The van der Waals surface area contributed by atoms with Gasteiger partial charge in [0.1, 0.15) is 18.1 Å². The lowest BCUT2D eigenvalue weighted by Gasteiger charge is -2.56. The van der Waals surface area contributed by atoms with Gasteiger partial charge in [-0.1, -0.05) is 63.1 Å². The summed E-state index contributed by atoms with van der Waals surface area (Å²) >= 11 is 0. The van der Waals surface area contributed by atoms with Gasteiger partial charge in [-0.05, 0) is 90.5 Å². The van der Waals surface area contributed by atoms with E-state index < -0.39 is 5.60 Å². The summed E-state index contributed by atoms with van der Waals surface area (Å²) in [5.41, 5.74) is 3.28. The molecule has 3 saturated carbocycles. The number of rotatable bonds is 5. The zero-order valence-electron chi connectivity index (χ0n) is 21.3. The van der Waals surface area contributed by atoms with Crippen molar-refractivity contribution in [1.29, 1.82) is 0 Å². The lowest BCUT2D eigenvalue weighted by molar-refractivity contribution is -0.156. The van der Waals surface area contributed by atoms with Gasteiger partial charge >= 0.3 is 0 Å². The van der Waals surface area contributed by atoms with Crippen LogP contribution in [0.15, 0.2) is 48.5 Å². The first kappa shape index (κ1) is 23.3. The van der Waals surface area contributed by atoms with Crippen molar-refractivity contribution >= 4 is 5.78 Å². The normalized spacial score (nSPS) is 37.7. The number of carbonyl (C=O) groups excluding carboxylic acids is 1. The van der Waals surface area contributed by atoms with Crippen molar-refractivity contribution in [2.75, 3.05) is 0 Å². The zero-order chi connectivity index (χ0) is 24.2. The fourth-order valence-corrected chi connectivity index (χ4v) is 8.94. The third kappa shape index (κ3) is 3.68. The first-order valence-corrected chi connectivity index (χ1v) is 14.0. The average Bonchev–Trinajstić information content (AvgIpc) is 3.09. The van der Waals surface area contributed by atoms with Crippen molar-refractivity contribution in [3.8, 4) is 5.75 Å². The SMILES string of the molecule is CCC[C@@H]1Cc2cc(OCc3ccccc3)ccc2[C@H]2CC[C@@]3(C)[C@@H](C[C@H]4CCC(=O)C[C@@]43O)[C@H]12. The lowest BCUT2D eigenvalue weighted by Crippen LogP contribution is -2.56. The van der Waals surface area contributed by atoms with Crippen molar-refractivity contribution in [3.63, 3.8) is 0 Å². The smallest absolute Gasteiger partial charge is 0.135 e. The van der Waals surface area contributed by atoms with E-state index in [9.17, 15) is 9.90 Å². The standard InChI is InChI=1S/C32H40O3/c1-3-7-22-16-23-17-26(35-20-21-8-5-4-6-9-21)12-13-27(23)28-14-15-31(2)29(30(22)28)18-24-10-11-25(33)19-32(24,31)34/h4-6,8-9,12-13,17,22,24,28-30,34H,3,7,10-11,14-16,18-20H2,1-2H3/t22-,24-,28-,29+,30-,31+,32-/m1/s1. The molecule has 3 heteroatoms. The molecule has 3 fully saturated rings. The van der Waals surface area contributed by atoms with Gasteiger partial charge < -0.3 is 9.84 Å². The number of carbonyl (C=O) groups is 1. The number of ether oxygens (including phenoxy) is 1. The van der Waals surface area contributed by atoms with E-state index in [1.807, 2.05) is 6.07 Å². The number of Topliss-reactive ketones (excluding diaryl/α,β-unsaturated/α-hetero) is 1. The van der Waals surface area contributed by atoms with E-state index in [1.54, 1.807) is 0 Å². The highest BCUT2D eigenvalue weighted by molar-refractivity contribution is 5.80. The van der Waals surface area contributed by atoms with Crippen LogP contribution in [0, 0.1) is 29.1 Å². The number of fused-ring (bicyclic) bond motifs is 7. The molecule has 7 atom stereocenters. The van der Waals surface area contributed by atoms with E-state index in [1.165, 1.54) is 29.5 Å². The summed E-state index contributed by atoms with van der Waals surface area (Å²) in [6.07, 6.45) is 8.75. The molecule has 2 aromatic rings. The Bertz CT molecular complexity index is 1090. The molecule has 0 radical (unpaired) electrons. The van der Waals surface area contributed by atoms with Crippen LogP contribution in [0.25, 0.3) is 0 Å². The van der Waals surface area contributed by atoms with Gasteiger partial charge in [-0.2, -0.15) is 0 Å². The Labute approximate surface area is 210 Å². The Morgan fingerprint density at radius 1 is 1.11 bits per heavy atom. The number of aliphatic hydroxyl groups is 1. The van der Waals surface area contributed by atoms with Gasteiger partial charge in [0.2, 0.25) is 0 Å². The predicted molar refractivity (Wildman–Crippen MR) is 138 cm³/mol. The molecule has 35 heavy (non-hydrogen) atoms. The van der Waals surface area contributed by atoms with Gasteiger partial charge in [0.25, 0.3) is 0 Å². The van der Waals surface area contributed by atoms with Crippen molar-refractivity contribution in [2.45, 2.75) is 89.8 Å². The van der Waals surface area contributed by atoms with E-state index >= 15 is 0 Å². The Hall–Kier alpha value is -2.13. The maximum atomic E-state index is 12.4. The lowest BCUT2D eigenvalue weighted by atomic mass is 9.49. The van der Waals surface area contributed by atoms with E-state index in [4.69, 9.17) is 4.74 Å². The Kier molecular flexibility index (Phi) is 5.83. The van der Waals surface area contributed by atoms with Crippen molar-refractivity contribution in [2.24, 2.45) is 29.1 Å². The molecule has 0 aromatic heterocycles. The Morgan fingerprint density at radius 2 is 1.94 bits per heavy atom. The summed E-state index contributed by atoms with van der Waals surface area (Å²) in [7, 11) is 0. The highest BCUT2D eigenvalue weighted by Crippen LogP contribution is 2.69. The highest BCUT2D eigenvalue weighted by Gasteiger charge is 2.67. The molecular formula is C32H40O3. The Balaban J connectivity index is 1.30. The third-order valence-corrected chi connectivity index (χ3v) is 10.6. The van der Waals surface area contributed by atoms with Crippen LogP contribution in [0.3, 0.4) is 0 Å². The van der Waals surface area contributed by atoms with Gasteiger partial charge in [-0.15, -0.1) is 0 Å². The summed E-state index contributed by atoms with van der Waals surface area (Å²) in [5, 5.41) is 12.0. The first-order chi connectivity index (χ1) is 16.9. The number of hydrogen-bond acceptors (Lipinski definition) is 3. The van der Waals surface area contributed by atoms with Crippen LogP contribution >= 0.6 is 0 Å². The molecule has 0 unspecified atom stereocenters. The molecule has 0 saturated heterocycles. The largest absolute Gasteiger partial charge is 0.489 e. The summed E-state index contributed by atoms with van der Waals surface area (Å²) in [6, 6.07) is 17.2. The van der Waals surface area contributed by atoms with Crippen LogP contribution < -0.4 is 4.74 Å². The van der Waals surface area contributed by atoms with E-state index in [-0.39, 0.29) is 11.2 Å². The zero-order valence-corrected chi connectivity index (χ0v) is 21.3. The molecule has 0 aliphatic heterocycles. The highest BCUT2D eigenvalue weighted by atomic mass is 16.5. The van der Waals surface area contributed by atoms with Gasteiger partial charge in [-0.25, -0.2) is 0 Å². The van der Waals surface area contributed by atoms with Crippen molar-refractivity contribution < 1.29 is 14.6 Å². The summed E-state index contributed by atoms with van der Waals surface area (Å²) in [5.74, 6) is 3.88. The molecule has 186 valence electrons. The minimum atomic E-state index is -0.788. The average molecular weight is 473 g/mol. The molecule has 0 bridgehead atoms. The minimum absolute atomic E-state index is 0.128. The molecule has 0 amide bonds. The summed E-state index contributed by atoms with van der Waals surface area (Å²) < 4.78 is 6.20. The molecule has 6 rings (SSSR count). The molecule has 1 N–H and O–H groups in total. The van der Waals surface area contributed by atoms with Crippen molar-refractivity contribution in [3.05, 3.63) is 65.2 Å². The van der Waals surface area contributed by atoms with Gasteiger partial charge in [0, 0.05) is 18.3 Å². The molecule has 0 heterocycles. The molecule has 0 spiro atoms. The monoisotopic (exact) mass is 472 g/mol. The number of benzene rings is 2. The maximum absolute atomic E-state index is 12.4. The van der Waals surface area contributed by atoms with Gasteiger partial charge in [0.05, 0.1) is 5.60 Å². The van der Waals surface area contributed by atoms with Crippen LogP contribution in [0.2, 0.25) is 0 Å². The molecular weight excluding hydrogens is 432 g/mol. The van der Waals surface area contributed by atoms with Crippen LogP contribution in [0.1, 0.15) is 87.8 Å². The van der Waals surface area contributed by atoms with E-state index in [0.29, 0.717) is 49.0 Å².